The third-order valence-electron chi connectivity index (χ3n) is 2.82. The van der Waals surface area contributed by atoms with Crippen LogP contribution in [0.5, 0.6) is 0 Å². The number of nitrogens with one attached hydrogen (secondary N) is 2. The van der Waals surface area contributed by atoms with E-state index in [0.29, 0.717) is 12.6 Å². The topological polar surface area (TPSA) is 79.0 Å². The van der Waals surface area contributed by atoms with Gasteiger partial charge in [0.15, 0.2) is 5.65 Å². The van der Waals surface area contributed by atoms with Gasteiger partial charge in [-0.1, -0.05) is 6.92 Å². The van der Waals surface area contributed by atoms with Gasteiger partial charge in [0.2, 0.25) is 5.95 Å². The van der Waals surface area contributed by atoms with Crippen LogP contribution < -0.4 is 10.2 Å². The van der Waals surface area contributed by atoms with E-state index in [-0.39, 0.29) is 0 Å². The number of nitrogens with zero attached hydrogens (tertiary/aromatic N) is 4. The lowest BCUT2D eigenvalue weighted by atomic mass is 10.3. The van der Waals surface area contributed by atoms with Crippen molar-refractivity contribution in [2.45, 2.75) is 13.3 Å². The van der Waals surface area contributed by atoms with Crippen LogP contribution in [0, 0.1) is 0 Å². The molecule has 0 atom stereocenters. The number of methoxy groups -OCH3 is 1. The van der Waals surface area contributed by atoms with Gasteiger partial charge in [0.1, 0.15) is 5.82 Å². The van der Waals surface area contributed by atoms with Crippen LogP contribution in [0.1, 0.15) is 13.3 Å². The second-order valence-electron chi connectivity index (χ2n) is 4.34. The summed E-state index contributed by atoms with van der Waals surface area (Å²) in [6.45, 7) is 4.37. The van der Waals surface area contributed by atoms with Gasteiger partial charge in [0.05, 0.1) is 18.2 Å². The molecule has 0 unspecified atom stereocenters. The zero-order valence-corrected chi connectivity index (χ0v) is 11.6. The molecule has 7 nitrogen and oxygen atoms in total. The highest BCUT2D eigenvalue weighted by molar-refractivity contribution is 5.87. The minimum atomic E-state index is 0.623. The highest BCUT2D eigenvalue weighted by atomic mass is 16.5. The molecule has 0 amide bonds. The first-order valence-corrected chi connectivity index (χ1v) is 6.41. The zero-order valence-electron chi connectivity index (χ0n) is 11.6. The zero-order chi connectivity index (χ0) is 13.7. The van der Waals surface area contributed by atoms with Crippen molar-refractivity contribution in [3.8, 4) is 0 Å². The summed E-state index contributed by atoms with van der Waals surface area (Å²) in [5.41, 5.74) is 0.743. The maximum Gasteiger partial charge on any atom is 0.226 e. The highest BCUT2D eigenvalue weighted by Gasteiger charge is 2.12. The van der Waals surface area contributed by atoms with Gasteiger partial charge in [-0.05, 0) is 6.42 Å². The maximum absolute atomic E-state index is 5.10. The summed E-state index contributed by atoms with van der Waals surface area (Å²) >= 11 is 0. The Labute approximate surface area is 112 Å². The SMILES string of the molecule is CCCNc1nc(N(C)CCOC)c2cn[nH]c2n1. The maximum atomic E-state index is 5.10. The standard InChI is InChI=1S/C12H20N6O/c1-4-5-13-12-15-10-9(8-14-17-10)11(16-12)18(2)6-7-19-3/h8H,4-7H2,1-3H3,(H2,13,14,15,16,17). The third kappa shape index (κ3) is 3.11. The smallest absolute Gasteiger partial charge is 0.226 e. The molecule has 0 bridgehead atoms. The van der Waals surface area contributed by atoms with Crippen LogP contribution in [-0.4, -0.2) is 54.0 Å². The molecule has 2 N–H and O–H groups in total. The highest BCUT2D eigenvalue weighted by Crippen LogP contribution is 2.22. The Balaban J connectivity index is 2.30. The van der Waals surface area contributed by atoms with Gasteiger partial charge >= 0.3 is 0 Å². The number of rotatable bonds is 7. The van der Waals surface area contributed by atoms with Crippen LogP contribution in [-0.2, 0) is 4.74 Å². The Morgan fingerprint density at radius 1 is 1.42 bits per heavy atom. The first-order chi connectivity index (χ1) is 9.26. The number of likely N-dealkylation sites (N-methyl/N-ethyl adjacent to an activating group) is 1. The number of hydrogen-bond acceptors (Lipinski definition) is 6. The van der Waals surface area contributed by atoms with Crippen molar-refractivity contribution in [1.29, 1.82) is 0 Å². The van der Waals surface area contributed by atoms with E-state index in [0.717, 1.165) is 36.4 Å². The van der Waals surface area contributed by atoms with Crippen molar-refractivity contribution in [2.75, 3.05) is 44.1 Å². The van der Waals surface area contributed by atoms with Crippen molar-refractivity contribution in [3.05, 3.63) is 6.20 Å². The number of aromatic amines is 1. The van der Waals surface area contributed by atoms with Gasteiger partial charge in [-0.2, -0.15) is 15.1 Å². The second-order valence-corrected chi connectivity index (χ2v) is 4.34. The molecular weight excluding hydrogens is 244 g/mol. The summed E-state index contributed by atoms with van der Waals surface area (Å²) in [6.07, 6.45) is 2.77. The molecule has 0 aromatic carbocycles. The fraction of sp³-hybridized carbons (Fsp3) is 0.583. The molecule has 104 valence electrons. The Morgan fingerprint density at radius 2 is 2.26 bits per heavy atom. The van der Waals surface area contributed by atoms with Crippen LogP contribution in [0.2, 0.25) is 0 Å². The van der Waals surface area contributed by atoms with Crippen LogP contribution >= 0.6 is 0 Å². The van der Waals surface area contributed by atoms with Gasteiger partial charge in [0, 0.05) is 27.2 Å². The fourth-order valence-electron chi connectivity index (χ4n) is 1.76. The van der Waals surface area contributed by atoms with Gasteiger partial charge in [-0.25, -0.2) is 0 Å². The average molecular weight is 264 g/mol. The van der Waals surface area contributed by atoms with Crippen molar-refractivity contribution in [2.24, 2.45) is 0 Å². The molecule has 0 fully saturated rings. The summed E-state index contributed by atoms with van der Waals surface area (Å²) in [6, 6.07) is 0. The van der Waals surface area contributed by atoms with Crippen molar-refractivity contribution >= 4 is 22.8 Å². The third-order valence-corrected chi connectivity index (χ3v) is 2.82. The Bertz CT molecular complexity index is 526. The molecule has 0 saturated carbocycles. The lowest BCUT2D eigenvalue weighted by Gasteiger charge is -2.19. The predicted octanol–water partition coefficient (Wildman–Crippen LogP) is 1.26. The number of ether oxygens (including phenoxy) is 1. The fourth-order valence-corrected chi connectivity index (χ4v) is 1.76. The number of hydrogen-bond donors (Lipinski definition) is 2. The average Bonchev–Trinajstić information content (AvgIpc) is 2.89. The molecule has 0 aliphatic carbocycles. The molecule has 2 aromatic heterocycles. The molecule has 2 aromatic rings. The number of anilines is 2. The van der Waals surface area contributed by atoms with Crippen LogP contribution in [0.3, 0.4) is 0 Å². The lowest BCUT2D eigenvalue weighted by Crippen LogP contribution is -2.23. The molecule has 7 heteroatoms. The summed E-state index contributed by atoms with van der Waals surface area (Å²) in [5, 5.41) is 11.0. The molecule has 2 rings (SSSR count). The first-order valence-electron chi connectivity index (χ1n) is 6.41. The van der Waals surface area contributed by atoms with Crippen molar-refractivity contribution in [1.82, 2.24) is 20.2 Å². The molecule has 0 aliphatic rings. The first kappa shape index (κ1) is 13.5. The van der Waals surface area contributed by atoms with Crippen LogP contribution in [0.15, 0.2) is 6.20 Å². The number of H-pyrrole nitrogens is 1. The van der Waals surface area contributed by atoms with E-state index in [9.17, 15) is 0 Å². The van der Waals surface area contributed by atoms with Crippen molar-refractivity contribution < 1.29 is 4.74 Å². The van der Waals surface area contributed by atoms with Crippen LogP contribution in [0.25, 0.3) is 11.0 Å². The lowest BCUT2D eigenvalue weighted by molar-refractivity contribution is 0.206. The molecule has 0 aliphatic heterocycles. The van der Waals surface area contributed by atoms with E-state index >= 15 is 0 Å². The van der Waals surface area contributed by atoms with Gasteiger partial charge in [0.25, 0.3) is 0 Å². The summed E-state index contributed by atoms with van der Waals surface area (Å²) in [4.78, 5) is 11.0. The van der Waals surface area contributed by atoms with Gasteiger partial charge < -0.3 is 15.0 Å². The molecule has 19 heavy (non-hydrogen) atoms. The van der Waals surface area contributed by atoms with E-state index in [4.69, 9.17) is 4.74 Å². The van der Waals surface area contributed by atoms with Crippen molar-refractivity contribution in [3.63, 3.8) is 0 Å². The minimum absolute atomic E-state index is 0.623. The molecular formula is C12H20N6O. The molecule has 0 saturated heterocycles. The Kier molecular flexibility index (Phi) is 4.51. The summed E-state index contributed by atoms with van der Waals surface area (Å²) in [5.74, 6) is 1.48. The monoisotopic (exact) mass is 264 g/mol. The largest absolute Gasteiger partial charge is 0.383 e. The van der Waals surface area contributed by atoms with E-state index < -0.39 is 0 Å². The van der Waals surface area contributed by atoms with Gasteiger partial charge in [-0.15, -0.1) is 0 Å². The molecule has 0 radical (unpaired) electrons. The van der Waals surface area contributed by atoms with Crippen LogP contribution in [0.4, 0.5) is 11.8 Å². The van der Waals surface area contributed by atoms with E-state index in [2.05, 4.69) is 32.4 Å². The molecule has 2 heterocycles. The second kappa shape index (κ2) is 6.33. The van der Waals surface area contributed by atoms with E-state index in [1.165, 1.54) is 0 Å². The normalized spacial score (nSPS) is 10.9. The summed E-state index contributed by atoms with van der Waals surface area (Å²) in [7, 11) is 3.67. The molecule has 0 spiro atoms. The predicted molar refractivity (Wildman–Crippen MR) is 75.6 cm³/mol. The quantitative estimate of drug-likeness (QED) is 0.783. The number of fused-ring (bicyclic) bond motifs is 1. The minimum Gasteiger partial charge on any atom is -0.383 e. The summed E-state index contributed by atoms with van der Waals surface area (Å²) < 4.78 is 5.10. The number of aromatic nitrogens is 4. The Hall–Kier alpha value is -1.89. The van der Waals surface area contributed by atoms with E-state index in [1.807, 2.05) is 11.9 Å². The van der Waals surface area contributed by atoms with Gasteiger partial charge in [-0.3, -0.25) is 5.10 Å². The Morgan fingerprint density at radius 3 is 3.00 bits per heavy atom. The van der Waals surface area contributed by atoms with E-state index in [1.54, 1.807) is 13.3 Å².